The molecule has 1 aromatic carbocycles. The van der Waals surface area contributed by atoms with Gasteiger partial charge in [-0.25, -0.2) is 9.37 Å². The Kier molecular flexibility index (Phi) is 4.20. The average Bonchev–Trinajstić information content (AvgIpc) is 3.21. The lowest BCUT2D eigenvalue weighted by atomic mass is 10.2. The van der Waals surface area contributed by atoms with Crippen LogP contribution in [0.1, 0.15) is 31.0 Å². The van der Waals surface area contributed by atoms with Crippen molar-refractivity contribution in [2.24, 2.45) is 0 Å². The molecular formula is C16H20FN3O. The van der Waals surface area contributed by atoms with Gasteiger partial charge in [0.2, 0.25) is 0 Å². The van der Waals surface area contributed by atoms with E-state index < -0.39 is 0 Å². The molecule has 0 atom stereocenters. The molecule has 1 fully saturated rings. The quantitative estimate of drug-likeness (QED) is 0.852. The largest absolute Gasteiger partial charge is 0.484 e. The van der Waals surface area contributed by atoms with Crippen LogP contribution in [-0.4, -0.2) is 15.6 Å². The summed E-state index contributed by atoms with van der Waals surface area (Å²) < 4.78 is 21.7. The molecule has 3 rings (SSSR count). The van der Waals surface area contributed by atoms with Crippen molar-refractivity contribution in [2.75, 3.05) is 0 Å². The maximum atomic E-state index is 14.0. The van der Waals surface area contributed by atoms with Crippen molar-refractivity contribution in [3.63, 3.8) is 0 Å². The SMILES string of the molecule is CCn1cncc1COc1c(F)cccc1CNC1CC1. The smallest absolute Gasteiger partial charge is 0.165 e. The van der Waals surface area contributed by atoms with Gasteiger partial charge in [0.1, 0.15) is 6.61 Å². The van der Waals surface area contributed by atoms with E-state index in [1.54, 1.807) is 18.6 Å². The van der Waals surface area contributed by atoms with E-state index >= 15 is 0 Å². The first-order chi connectivity index (χ1) is 10.3. The van der Waals surface area contributed by atoms with Crippen LogP contribution in [0.4, 0.5) is 4.39 Å². The zero-order valence-electron chi connectivity index (χ0n) is 12.2. The third-order valence-electron chi connectivity index (χ3n) is 3.71. The van der Waals surface area contributed by atoms with Crippen LogP contribution in [-0.2, 0) is 19.7 Å². The van der Waals surface area contributed by atoms with Gasteiger partial charge < -0.3 is 14.6 Å². The number of aryl methyl sites for hydroxylation is 1. The fraction of sp³-hybridized carbons (Fsp3) is 0.438. The van der Waals surface area contributed by atoms with E-state index in [4.69, 9.17) is 4.74 Å². The van der Waals surface area contributed by atoms with Gasteiger partial charge in [-0.15, -0.1) is 0 Å². The van der Waals surface area contributed by atoms with E-state index in [0.717, 1.165) is 17.8 Å². The second-order valence-corrected chi connectivity index (χ2v) is 5.34. The van der Waals surface area contributed by atoms with Gasteiger partial charge in [0.05, 0.1) is 18.2 Å². The van der Waals surface area contributed by atoms with Gasteiger partial charge >= 0.3 is 0 Å². The number of hydrogen-bond acceptors (Lipinski definition) is 3. The Labute approximate surface area is 124 Å². The highest BCUT2D eigenvalue weighted by Gasteiger charge is 2.21. The van der Waals surface area contributed by atoms with E-state index in [1.807, 2.05) is 17.6 Å². The zero-order valence-corrected chi connectivity index (χ0v) is 12.2. The van der Waals surface area contributed by atoms with Gasteiger partial charge in [0, 0.05) is 24.7 Å². The van der Waals surface area contributed by atoms with Crippen LogP contribution in [0.3, 0.4) is 0 Å². The lowest BCUT2D eigenvalue weighted by Gasteiger charge is -2.13. The van der Waals surface area contributed by atoms with Crippen molar-refractivity contribution in [1.29, 1.82) is 0 Å². The molecule has 0 bridgehead atoms. The summed E-state index contributed by atoms with van der Waals surface area (Å²) in [5, 5.41) is 3.39. The summed E-state index contributed by atoms with van der Waals surface area (Å²) in [5.41, 5.74) is 1.81. The van der Waals surface area contributed by atoms with Crippen molar-refractivity contribution in [3.05, 3.63) is 47.8 Å². The van der Waals surface area contributed by atoms with E-state index in [0.29, 0.717) is 24.9 Å². The molecule has 1 aliphatic rings. The minimum Gasteiger partial charge on any atom is -0.484 e. The summed E-state index contributed by atoms with van der Waals surface area (Å²) in [4.78, 5) is 4.09. The summed E-state index contributed by atoms with van der Waals surface area (Å²) in [5.74, 6) is 0.0298. The Morgan fingerprint density at radius 2 is 2.29 bits per heavy atom. The number of ether oxygens (including phenoxy) is 1. The van der Waals surface area contributed by atoms with Crippen LogP contribution < -0.4 is 10.1 Å². The lowest BCUT2D eigenvalue weighted by molar-refractivity contribution is 0.277. The Bertz CT molecular complexity index is 607. The highest BCUT2D eigenvalue weighted by Crippen LogP contribution is 2.26. The Hall–Kier alpha value is -1.88. The van der Waals surface area contributed by atoms with E-state index in [-0.39, 0.29) is 5.82 Å². The molecule has 1 aromatic heterocycles. The molecule has 4 nitrogen and oxygen atoms in total. The molecule has 0 radical (unpaired) electrons. The maximum Gasteiger partial charge on any atom is 0.165 e. The molecule has 112 valence electrons. The Balaban J connectivity index is 1.70. The number of hydrogen-bond donors (Lipinski definition) is 1. The van der Waals surface area contributed by atoms with Crippen LogP contribution >= 0.6 is 0 Å². The van der Waals surface area contributed by atoms with Crippen LogP contribution in [0.5, 0.6) is 5.75 Å². The van der Waals surface area contributed by atoms with Crippen molar-refractivity contribution < 1.29 is 9.13 Å². The van der Waals surface area contributed by atoms with Gasteiger partial charge in [-0.3, -0.25) is 0 Å². The molecule has 21 heavy (non-hydrogen) atoms. The number of para-hydroxylation sites is 1. The van der Waals surface area contributed by atoms with Crippen LogP contribution in [0.2, 0.25) is 0 Å². The number of nitrogens with zero attached hydrogens (tertiary/aromatic N) is 2. The highest BCUT2D eigenvalue weighted by molar-refractivity contribution is 5.35. The topological polar surface area (TPSA) is 39.1 Å². The minimum absolute atomic E-state index is 0.312. The molecule has 0 unspecified atom stereocenters. The number of rotatable bonds is 7. The fourth-order valence-electron chi connectivity index (χ4n) is 2.30. The van der Waals surface area contributed by atoms with Crippen molar-refractivity contribution >= 4 is 0 Å². The number of nitrogens with one attached hydrogen (secondary N) is 1. The van der Waals surface area contributed by atoms with Crippen LogP contribution in [0.15, 0.2) is 30.7 Å². The molecule has 1 saturated carbocycles. The van der Waals surface area contributed by atoms with Crippen LogP contribution in [0, 0.1) is 5.82 Å². The van der Waals surface area contributed by atoms with Gasteiger partial charge in [-0.1, -0.05) is 12.1 Å². The van der Waals surface area contributed by atoms with Crippen molar-refractivity contribution in [1.82, 2.24) is 14.9 Å². The standard InChI is InChI=1S/C16H20FN3O/c1-2-20-11-18-9-14(20)10-21-16-12(4-3-5-15(16)17)8-19-13-6-7-13/h3-5,9,11,13,19H,2,6-8,10H2,1H3. The second kappa shape index (κ2) is 6.26. The number of aromatic nitrogens is 2. The van der Waals surface area contributed by atoms with Crippen molar-refractivity contribution in [2.45, 2.75) is 45.5 Å². The van der Waals surface area contributed by atoms with Crippen molar-refractivity contribution in [3.8, 4) is 5.75 Å². The Morgan fingerprint density at radius 3 is 3.05 bits per heavy atom. The summed E-state index contributed by atoms with van der Waals surface area (Å²) in [6.45, 7) is 3.83. The van der Waals surface area contributed by atoms with E-state index in [9.17, 15) is 4.39 Å². The first kappa shape index (κ1) is 14.1. The van der Waals surface area contributed by atoms with Gasteiger partial charge in [-0.05, 0) is 25.8 Å². The third kappa shape index (κ3) is 3.42. The fourth-order valence-corrected chi connectivity index (χ4v) is 2.30. The number of halogens is 1. The number of imidazole rings is 1. The van der Waals surface area contributed by atoms with Gasteiger partial charge in [0.15, 0.2) is 11.6 Å². The molecule has 5 heteroatoms. The molecule has 2 aromatic rings. The van der Waals surface area contributed by atoms with E-state index in [2.05, 4.69) is 10.3 Å². The monoisotopic (exact) mass is 289 g/mol. The summed E-state index contributed by atoms with van der Waals surface area (Å²) in [7, 11) is 0. The lowest BCUT2D eigenvalue weighted by Crippen LogP contribution is -2.16. The molecule has 0 amide bonds. The molecule has 1 aliphatic carbocycles. The maximum absolute atomic E-state index is 14.0. The first-order valence-electron chi connectivity index (χ1n) is 7.40. The summed E-state index contributed by atoms with van der Waals surface area (Å²) in [6.07, 6.45) is 5.93. The molecule has 0 aliphatic heterocycles. The average molecular weight is 289 g/mol. The van der Waals surface area contributed by atoms with Gasteiger partial charge in [-0.2, -0.15) is 0 Å². The predicted octanol–water partition coefficient (Wildman–Crippen LogP) is 2.87. The van der Waals surface area contributed by atoms with Crippen LogP contribution in [0.25, 0.3) is 0 Å². The molecule has 0 spiro atoms. The Morgan fingerprint density at radius 1 is 1.43 bits per heavy atom. The molecule has 0 saturated heterocycles. The second-order valence-electron chi connectivity index (χ2n) is 5.34. The normalized spacial score (nSPS) is 14.4. The third-order valence-corrected chi connectivity index (χ3v) is 3.71. The minimum atomic E-state index is -0.312. The highest BCUT2D eigenvalue weighted by atomic mass is 19.1. The van der Waals surface area contributed by atoms with Gasteiger partial charge in [0.25, 0.3) is 0 Å². The van der Waals surface area contributed by atoms with E-state index in [1.165, 1.54) is 18.9 Å². The number of benzene rings is 1. The molecular weight excluding hydrogens is 269 g/mol. The first-order valence-corrected chi connectivity index (χ1v) is 7.40. The zero-order chi connectivity index (χ0) is 14.7. The molecule has 1 heterocycles. The molecule has 1 N–H and O–H groups in total. The summed E-state index contributed by atoms with van der Waals surface area (Å²) in [6, 6.07) is 5.66. The predicted molar refractivity (Wildman–Crippen MR) is 78.5 cm³/mol. The summed E-state index contributed by atoms with van der Waals surface area (Å²) >= 11 is 0.